The molecule has 119 heavy (non-hydrogen) atoms. The van der Waals surface area contributed by atoms with Crippen LogP contribution in [0.25, 0.3) is 0 Å². The van der Waals surface area contributed by atoms with Crippen LogP contribution in [-0.4, -0.2) is 121 Å². The van der Waals surface area contributed by atoms with Gasteiger partial charge in [0.15, 0.2) is 0 Å². The zero-order chi connectivity index (χ0) is 85.4. The number of nitrogens with zero attached hydrogens (tertiary/aromatic N) is 3. The minimum atomic E-state index is 0.455. The molecular weight excluding hydrogens is 1460 g/mol. The second-order valence-electron chi connectivity index (χ2n) is 23.8. The molecule has 3 aromatic rings. The van der Waals surface area contributed by atoms with E-state index in [1.54, 1.807) is 50.3 Å². The van der Waals surface area contributed by atoms with E-state index in [0.717, 1.165) is 72.1 Å². The van der Waals surface area contributed by atoms with Gasteiger partial charge >= 0.3 is 0 Å². The van der Waals surface area contributed by atoms with E-state index in [2.05, 4.69) is 461 Å². The monoisotopic (exact) mass is 1540 g/mol. The fourth-order valence-electron chi connectivity index (χ4n) is 10.0. The Bertz CT molecular complexity index is 5740. The van der Waals surface area contributed by atoms with Gasteiger partial charge in [-0.3, -0.25) is 14.7 Å². The van der Waals surface area contributed by atoms with Crippen LogP contribution < -0.4 is 0 Å². The Morgan fingerprint density at radius 2 is 0.412 bits per heavy atom. The molecule has 0 fully saturated rings. The maximum absolute atomic E-state index is 5.61. The maximum atomic E-state index is 5.61. The summed E-state index contributed by atoms with van der Waals surface area (Å²) in [5, 5.41) is 0. The van der Waals surface area contributed by atoms with E-state index in [1.807, 2.05) is 0 Å². The van der Waals surface area contributed by atoms with Crippen molar-refractivity contribution < 1.29 is 23.7 Å². The van der Waals surface area contributed by atoms with Crippen molar-refractivity contribution in [3.05, 3.63) is 105 Å². The lowest BCUT2D eigenvalue weighted by Gasteiger charge is -2.30. The van der Waals surface area contributed by atoms with Crippen LogP contribution in [0.3, 0.4) is 0 Å². The van der Waals surface area contributed by atoms with Gasteiger partial charge in [-0.1, -0.05) is 94.1 Å². The van der Waals surface area contributed by atoms with Crippen LogP contribution >= 0.6 is 0 Å². The van der Waals surface area contributed by atoms with Gasteiger partial charge in [-0.25, -0.2) is 0 Å². The van der Waals surface area contributed by atoms with E-state index in [9.17, 15) is 0 Å². The molecule has 8 heteroatoms. The standard InChI is InChI=1S/C60H6.2C17H27NO2.C17H27NO/c1-3-5-7-9-11-13-15-17-19-21-23-25-27-29-31-33-35-37-39-41-43-45-47-49-51-53-55-57-59-60-58-56-54-52-50-48-46-44-42-40-38-36-34-32-30-28-26-24-22-20-18-16-14-12-10-8-6-4-2;2*1-4-18(9-10-20-12-11-19-3)14(2)16-7-5-15-6-8-17(15)13-16;1-4-11-19-12-10-18(5-2)14(3)16-8-6-15-7-9-17(15)13-16/h1-2H3;2*5,7,13-14H,4,6,8-12H2,1-3H3;6,8,13-14H,4-5,7,9-12H2,1-3H3. The molecule has 3 aliphatic carbocycles. The number of hydrogen-bond donors (Lipinski definition) is 0. The molecule has 576 valence electrons. The number of ether oxygens (including phenoxy) is 5. The van der Waals surface area contributed by atoms with E-state index >= 15 is 0 Å². The molecular formula is C111H87N3O5. The predicted molar refractivity (Wildman–Crippen MR) is 482 cm³/mol. The molecule has 0 N–H and O–H groups in total. The summed E-state index contributed by atoms with van der Waals surface area (Å²) in [7, 11) is 3.41. The van der Waals surface area contributed by atoms with Gasteiger partial charge in [-0.2, -0.15) is 0 Å². The summed E-state index contributed by atoms with van der Waals surface area (Å²) in [5.74, 6) is 146. The minimum absolute atomic E-state index is 0.455. The zero-order valence-corrected chi connectivity index (χ0v) is 69.7. The fraction of sp³-hybridized carbons (Fsp3) is 0.315. The van der Waals surface area contributed by atoms with Crippen LogP contribution in [0.4, 0.5) is 0 Å². The molecule has 8 nitrogen and oxygen atoms in total. The summed E-state index contributed by atoms with van der Waals surface area (Å²) in [4.78, 5) is 7.43. The number of aryl methyl sites for hydroxylation is 6. The Labute approximate surface area is 713 Å². The van der Waals surface area contributed by atoms with Crippen molar-refractivity contribution in [1.29, 1.82) is 0 Å². The van der Waals surface area contributed by atoms with Crippen molar-refractivity contribution in [1.82, 2.24) is 14.7 Å². The quantitative estimate of drug-likeness (QED) is 0.0582. The summed E-state index contributed by atoms with van der Waals surface area (Å²) in [6.45, 7) is 31.2. The van der Waals surface area contributed by atoms with E-state index in [4.69, 9.17) is 23.7 Å². The molecule has 0 radical (unpaired) electrons. The Balaban J connectivity index is 0.000000491. The molecule has 0 bridgehead atoms. The summed E-state index contributed by atoms with van der Waals surface area (Å²) >= 11 is 0. The fourth-order valence-corrected chi connectivity index (χ4v) is 10.0. The Kier molecular flexibility index (Phi) is 57.9. The molecule has 0 aromatic heterocycles. The lowest BCUT2D eigenvalue weighted by Crippen LogP contribution is -2.31. The van der Waals surface area contributed by atoms with Gasteiger partial charge < -0.3 is 23.7 Å². The van der Waals surface area contributed by atoms with Crippen molar-refractivity contribution in [2.75, 3.05) is 106 Å². The van der Waals surface area contributed by atoms with Gasteiger partial charge in [-0.05, 0) is 244 Å². The number of hydrogen-bond acceptors (Lipinski definition) is 8. The van der Waals surface area contributed by atoms with E-state index in [0.29, 0.717) is 44.6 Å². The summed E-state index contributed by atoms with van der Waals surface area (Å²) in [6, 6.07) is 22.4. The lowest BCUT2D eigenvalue weighted by molar-refractivity contribution is 0.0518. The highest BCUT2D eigenvalue weighted by molar-refractivity contribution is 5.53. The van der Waals surface area contributed by atoms with Crippen LogP contribution in [0.15, 0.2) is 54.6 Å². The van der Waals surface area contributed by atoms with Crippen molar-refractivity contribution >= 4 is 0 Å². The third kappa shape index (κ3) is 49.0. The summed E-state index contributed by atoms with van der Waals surface area (Å²) < 4.78 is 26.7. The SMILES string of the molecule is CC#CC#CC#CC#CC#CC#CC#CC#CC#CC#CC#CC#CC#CC#CC#CC#CC#CC#CC#CC#CC#CC#CC#CC#CC#CC#CC#CC#CC#CC.CCCOCCN(CC)C(C)c1ccc2c(c1)CC2.CCN(CCOCCOC)C(C)c1ccc2c(c1)CC2.CCN(CCOCCOC)C(C)c1ccc2c(c1)CC2. The Morgan fingerprint density at radius 3 is 0.555 bits per heavy atom. The van der Waals surface area contributed by atoms with Crippen molar-refractivity contribution in [2.45, 2.75) is 125 Å². The minimum Gasteiger partial charge on any atom is -0.382 e. The van der Waals surface area contributed by atoms with Crippen molar-refractivity contribution in [3.8, 4) is 343 Å². The first-order valence-corrected chi connectivity index (χ1v) is 38.3. The smallest absolute Gasteiger partial charge is 0.0700 e. The van der Waals surface area contributed by atoms with Crippen molar-refractivity contribution in [2.24, 2.45) is 0 Å². The topological polar surface area (TPSA) is 55.9 Å². The first kappa shape index (κ1) is 97.8. The van der Waals surface area contributed by atoms with Gasteiger partial charge in [-0.15, -0.1) is 0 Å². The number of benzene rings is 3. The van der Waals surface area contributed by atoms with Crippen LogP contribution in [0.2, 0.25) is 0 Å². The average molecular weight is 1540 g/mol. The van der Waals surface area contributed by atoms with E-state index in [-0.39, 0.29) is 0 Å². The molecule has 0 spiro atoms. The number of rotatable bonds is 26. The highest BCUT2D eigenvalue weighted by Gasteiger charge is 2.21. The Morgan fingerprint density at radius 1 is 0.235 bits per heavy atom. The summed E-state index contributed by atoms with van der Waals surface area (Å²) in [6.07, 6.45) is 8.66. The van der Waals surface area contributed by atoms with Crippen molar-refractivity contribution in [3.63, 3.8) is 0 Å². The third-order valence-corrected chi connectivity index (χ3v) is 16.5. The Hall–Kier alpha value is -15.4. The van der Waals surface area contributed by atoms with Gasteiger partial charge in [0, 0.05) is 295 Å². The second-order valence-corrected chi connectivity index (χ2v) is 23.8. The van der Waals surface area contributed by atoms with Crippen LogP contribution in [-0.2, 0) is 62.2 Å². The highest BCUT2D eigenvalue weighted by Crippen LogP contribution is 2.31. The lowest BCUT2D eigenvalue weighted by atomic mass is 9.86. The van der Waals surface area contributed by atoms with Crippen LogP contribution in [0.5, 0.6) is 0 Å². The molecule has 3 atom stereocenters. The van der Waals surface area contributed by atoms with E-state index < -0.39 is 0 Å². The number of likely N-dealkylation sites (N-methyl/N-ethyl adjacent to an activating group) is 3. The maximum Gasteiger partial charge on any atom is 0.0700 e. The second kappa shape index (κ2) is 70.4. The predicted octanol–water partition coefficient (Wildman–Crippen LogP) is 10.4. The van der Waals surface area contributed by atoms with Crippen LogP contribution in [0.1, 0.15) is 137 Å². The molecule has 0 saturated carbocycles. The first-order chi connectivity index (χ1) is 58.7. The molecule has 6 rings (SSSR count). The zero-order valence-electron chi connectivity index (χ0n) is 69.7. The van der Waals surface area contributed by atoms with Crippen LogP contribution in [0, 0.1) is 343 Å². The van der Waals surface area contributed by atoms with Gasteiger partial charge in [0.2, 0.25) is 0 Å². The number of methoxy groups -OCH3 is 2. The largest absolute Gasteiger partial charge is 0.382 e. The number of fused-ring (bicyclic) bond motifs is 3. The molecule has 3 unspecified atom stereocenters. The molecule has 3 aliphatic rings. The van der Waals surface area contributed by atoms with E-state index in [1.165, 1.54) is 66.3 Å². The highest BCUT2D eigenvalue weighted by atomic mass is 16.5. The summed E-state index contributed by atoms with van der Waals surface area (Å²) in [5.41, 5.74) is 13.6. The average Bonchev–Trinajstić information content (AvgIpc) is 0.819. The molecule has 3 aromatic carbocycles. The van der Waals surface area contributed by atoms with Gasteiger partial charge in [0.1, 0.15) is 0 Å². The first-order valence-electron chi connectivity index (χ1n) is 38.3. The third-order valence-electron chi connectivity index (χ3n) is 16.5. The molecule has 0 saturated heterocycles. The van der Waals surface area contributed by atoms with Gasteiger partial charge in [0.05, 0.1) is 46.2 Å². The molecule has 0 amide bonds. The molecule has 0 heterocycles. The molecule has 0 aliphatic heterocycles. The normalized spacial score (nSPS) is 9.46. The van der Waals surface area contributed by atoms with Gasteiger partial charge in [0.25, 0.3) is 0 Å².